The Hall–Kier alpha value is -2.63. The number of benzene rings is 3. The number of nitro groups is 1. The first kappa shape index (κ1) is 25.0. The van der Waals surface area contributed by atoms with E-state index in [1.807, 2.05) is 18.2 Å². The SMILES string of the molecule is O=[N+]([O-])c1cc(C(F)(F)F)ccc1N/N=C\c1cc(Br)c(OCc2ccccc2Cl)c(Br)c1. The molecule has 12 heteroatoms. The molecule has 0 atom stereocenters. The van der Waals surface area contributed by atoms with Gasteiger partial charge >= 0.3 is 6.18 Å². The van der Waals surface area contributed by atoms with Crippen LogP contribution in [0.2, 0.25) is 5.02 Å². The molecule has 0 amide bonds. The fourth-order valence-corrected chi connectivity index (χ4v) is 4.33. The maximum atomic E-state index is 12.8. The fraction of sp³-hybridized carbons (Fsp3) is 0.0952. The van der Waals surface area contributed by atoms with Crippen molar-refractivity contribution in [1.29, 1.82) is 0 Å². The summed E-state index contributed by atoms with van der Waals surface area (Å²) in [5.41, 5.74) is 1.76. The van der Waals surface area contributed by atoms with E-state index in [0.29, 0.717) is 31.3 Å². The van der Waals surface area contributed by atoms with Crippen LogP contribution in [0.3, 0.4) is 0 Å². The van der Waals surface area contributed by atoms with Crippen LogP contribution in [0.4, 0.5) is 24.5 Å². The van der Waals surface area contributed by atoms with Crippen LogP contribution in [0.1, 0.15) is 16.7 Å². The van der Waals surface area contributed by atoms with Crippen molar-refractivity contribution in [3.63, 3.8) is 0 Å². The average molecular weight is 608 g/mol. The second kappa shape index (κ2) is 10.5. The summed E-state index contributed by atoms with van der Waals surface area (Å²) in [6, 6.07) is 12.8. The minimum absolute atomic E-state index is 0.179. The van der Waals surface area contributed by atoms with Gasteiger partial charge in [0.15, 0.2) is 0 Å². The Morgan fingerprint density at radius 2 is 1.79 bits per heavy atom. The number of nitro benzene ring substituents is 1. The minimum atomic E-state index is -4.69. The molecule has 0 unspecified atom stereocenters. The summed E-state index contributed by atoms with van der Waals surface area (Å²) in [7, 11) is 0. The molecule has 0 fully saturated rings. The molecule has 0 aliphatic carbocycles. The predicted molar refractivity (Wildman–Crippen MR) is 127 cm³/mol. The third kappa shape index (κ3) is 6.46. The lowest BCUT2D eigenvalue weighted by Gasteiger charge is -2.12. The summed E-state index contributed by atoms with van der Waals surface area (Å²) in [5.74, 6) is 0.526. The molecule has 3 aromatic carbocycles. The number of halogens is 6. The summed E-state index contributed by atoms with van der Waals surface area (Å²) in [4.78, 5) is 10.2. The van der Waals surface area contributed by atoms with E-state index in [4.69, 9.17) is 16.3 Å². The van der Waals surface area contributed by atoms with Crippen molar-refractivity contribution in [3.8, 4) is 5.75 Å². The molecule has 1 N–H and O–H groups in total. The third-order valence-corrected chi connectivity index (χ3v) is 5.82. The molecule has 0 saturated heterocycles. The standard InChI is InChI=1S/C21H13Br2ClF3N3O3/c22-15-7-12(8-16(23)20(15)33-11-13-3-1-2-4-17(13)24)10-28-29-18-6-5-14(21(25,26)27)9-19(18)30(31)32/h1-10,29H,11H2/b28-10-. The number of alkyl halides is 3. The number of nitrogens with one attached hydrogen (secondary N) is 1. The Morgan fingerprint density at radius 3 is 2.39 bits per heavy atom. The van der Waals surface area contributed by atoms with Crippen LogP contribution in [-0.2, 0) is 12.8 Å². The van der Waals surface area contributed by atoms with E-state index in [1.165, 1.54) is 6.21 Å². The smallest absolute Gasteiger partial charge is 0.416 e. The van der Waals surface area contributed by atoms with Crippen LogP contribution >= 0.6 is 43.5 Å². The first-order valence-corrected chi connectivity index (χ1v) is 11.0. The highest BCUT2D eigenvalue weighted by Gasteiger charge is 2.33. The zero-order valence-electron chi connectivity index (χ0n) is 16.4. The minimum Gasteiger partial charge on any atom is -0.486 e. The Kier molecular flexibility index (Phi) is 7.98. The van der Waals surface area contributed by atoms with E-state index in [1.54, 1.807) is 18.2 Å². The summed E-state index contributed by atoms with van der Waals surface area (Å²) in [6.07, 6.45) is -3.34. The van der Waals surface area contributed by atoms with E-state index in [-0.39, 0.29) is 12.3 Å². The van der Waals surface area contributed by atoms with Crippen molar-refractivity contribution in [2.24, 2.45) is 5.10 Å². The number of hydrogen-bond donors (Lipinski definition) is 1. The van der Waals surface area contributed by atoms with Gasteiger partial charge in [-0.05, 0) is 67.8 Å². The van der Waals surface area contributed by atoms with Gasteiger partial charge in [-0.1, -0.05) is 29.8 Å². The van der Waals surface area contributed by atoms with Gasteiger partial charge in [-0.25, -0.2) is 0 Å². The molecule has 0 bridgehead atoms. The van der Waals surface area contributed by atoms with Crippen LogP contribution in [0.5, 0.6) is 5.75 Å². The molecule has 0 saturated carbocycles. The largest absolute Gasteiger partial charge is 0.486 e. The fourth-order valence-electron chi connectivity index (χ4n) is 2.69. The van der Waals surface area contributed by atoms with Crippen molar-refractivity contribution in [1.82, 2.24) is 0 Å². The lowest BCUT2D eigenvalue weighted by atomic mass is 10.1. The maximum Gasteiger partial charge on any atom is 0.416 e. The second-order valence-electron chi connectivity index (χ2n) is 6.55. The molecule has 0 aliphatic heterocycles. The van der Waals surface area contributed by atoms with Gasteiger partial charge in [0, 0.05) is 16.7 Å². The van der Waals surface area contributed by atoms with E-state index >= 15 is 0 Å². The Bertz CT molecular complexity index is 1200. The van der Waals surface area contributed by atoms with E-state index in [0.717, 1.165) is 17.7 Å². The molecule has 0 aliphatic rings. The van der Waals surface area contributed by atoms with Crippen LogP contribution in [0.15, 0.2) is 68.6 Å². The van der Waals surface area contributed by atoms with Crippen molar-refractivity contribution in [2.45, 2.75) is 12.8 Å². The number of nitrogens with zero attached hydrogens (tertiary/aromatic N) is 2. The summed E-state index contributed by atoms with van der Waals surface area (Å²) in [5, 5.41) is 15.6. The van der Waals surface area contributed by atoms with Crippen LogP contribution in [-0.4, -0.2) is 11.1 Å². The highest BCUT2D eigenvalue weighted by Crippen LogP contribution is 2.36. The van der Waals surface area contributed by atoms with E-state index in [2.05, 4.69) is 42.4 Å². The average Bonchev–Trinajstić information content (AvgIpc) is 2.73. The van der Waals surface area contributed by atoms with Crippen molar-refractivity contribution >= 4 is 61.1 Å². The Balaban J connectivity index is 1.74. The molecule has 172 valence electrons. The molecule has 0 aromatic heterocycles. The zero-order chi connectivity index (χ0) is 24.2. The van der Waals surface area contributed by atoms with Gasteiger partial charge in [-0.3, -0.25) is 15.5 Å². The lowest BCUT2D eigenvalue weighted by Crippen LogP contribution is -2.06. The van der Waals surface area contributed by atoms with Gasteiger partial charge in [-0.2, -0.15) is 18.3 Å². The quantitative estimate of drug-likeness (QED) is 0.169. The Morgan fingerprint density at radius 1 is 1.12 bits per heavy atom. The highest BCUT2D eigenvalue weighted by molar-refractivity contribution is 9.11. The lowest BCUT2D eigenvalue weighted by molar-refractivity contribution is -0.384. The Labute approximate surface area is 207 Å². The number of anilines is 1. The molecule has 6 nitrogen and oxygen atoms in total. The summed E-state index contributed by atoms with van der Waals surface area (Å²) in [6.45, 7) is 0.240. The third-order valence-electron chi connectivity index (χ3n) is 4.27. The molecule has 0 heterocycles. The second-order valence-corrected chi connectivity index (χ2v) is 8.67. The van der Waals surface area contributed by atoms with Crippen LogP contribution in [0, 0.1) is 10.1 Å². The van der Waals surface area contributed by atoms with Gasteiger partial charge < -0.3 is 4.74 Å². The van der Waals surface area contributed by atoms with Crippen LogP contribution < -0.4 is 10.2 Å². The number of rotatable bonds is 7. The monoisotopic (exact) mass is 605 g/mol. The van der Waals surface area contributed by atoms with Gasteiger partial charge in [0.05, 0.1) is 25.6 Å². The molecule has 0 spiro atoms. The molecular formula is C21H13Br2ClF3N3O3. The van der Waals surface area contributed by atoms with Crippen LogP contribution in [0.25, 0.3) is 0 Å². The normalized spacial score (nSPS) is 11.6. The first-order chi connectivity index (χ1) is 15.6. The summed E-state index contributed by atoms with van der Waals surface area (Å²) >= 11 is 13.0. The van der Waals surface area contributed by atoms with Gasteiger partial charge in [0.25, 0.3) is 5.69 Å². The maximum absolute atomic E-state index is 12.8. The molecular weight excluding hydrogens is 595 g/mol. The van der Waals surface area contributed by atoms with Crippen molar-refractivity contribution in [3.05, 3.63) is 95.4 Å². The first-order valence-electron chi connectivity index (χ1n) is 9.06. The van der Waals surface area contributed by atoms with Crippen molar-refractivity contribution < 1.29 is 22.8 Å². The van der Waals surface area contributed by atoms with Crippen molar-refractivity contribution in [2.75, 3.05) is 5.43 Å². The number of hydrogen-bond acceptors (Lipinski definition) is 5. The van der Waals surface area contributed by atoms with Gasteiger partial charge in [0.1, 0.15) is 18.0 Å². The molecule has 0 radical (unpaired) electrons. The molecule has 3 rings (SSSR count). The van der Waals surface area contributed by atoms with E-state index in [9.17, 15) is 23.3 Å². The number of ether oxygens (including phenoxy) is 1. The number of hydrazone groups is 1. The molecule has 33 heavy (non-hydrogen) atoms. The van der Waals surface area contributed by atoms with E-state index < -0.39 is 22.4 Å². The highest BCUT2D eigenvalue weighted by atomic mass is 79.9. The predicted octanol–water partition coefficient (Wildman–Crippen LogP) is 7.82. The molecule has 3 aromatic rings. The topological polar surface area (TPSA) is 76.8 Å². The van der Waals surface area contributed by atoms with Gasteiger partial charge in [0.2, 0.25) is 0 Å². The zero-order valence-corrected chi connectivity index (χ0v) is 20.3. The van der Waals surface area contributed by atoms with Gasteiger partial charge in [-0.15, -0.1) is 0 Å². The summed E-state index contributed by atoms with van der Waals surface area (Å²) < 4.78 is 45.5.